The normalized spacial score (nSPS) is 15.6. The van der Waals surface area contributed by atoms with Gasteiger partial charge in [0, 0.05) is 26.2 Å². The van der Waals surface area contributed by atoms with E-state index in [1.54, 1.807) is 6.20 Å². The van der Waals surface area contributed by atoms with Crippen LogP contribution in [-0.4, -0.2) is 46.3 Å². The van der Waals surface area contributed by atoms with Crippen molar-refractivity contribution in [3.8, 4) is 0 Å². The van der Waals surface area contributed by atoms with Crippen LogP contribution >= 0.6 is 15.9 Å². The zero-order chi connectivity index (χ0) is 17.3. The van der Waals surface area contributed by atoms with E-state index in [1.807, 2.05) is 20.8 Å². The first-order chi connectivity index (χ1) is 11.5. The lowest BCUT2D eigenvalue weighted by molar-refractivity contribution is 0.474. The summed E-state index contributed by atoms with van der Waals surface area (Å²) >= 11 is 3.53. The fraction of sp³-hybridized carbons (Fsp3) is 0.529. The van der Waals surface area contributed by atoms with E-state index < -0.39 is 0 Å². The fourth-order valence-electron chi connectivity index (χ4n) is 3.09. The second-order valence-corrected chi connectivity index (χ2v) is 7.22. The number of aryl methyl sites for hydroxylation is 3. The van der Waals surface area contributed by atoms with Gasteiger partial charge < -0.3 is 9.80 Å². The number of rotatable bonds is 3. The first-order valence-electron chi connectivity index (χ1n) is 8.23. The van der Waals surface area contributed by atoms with Crippen molar-refractivity contribution < 1.29 is 0 Å². The molecule has 0 atom stereocenters. The third kappa shape index (κ3) is 3.50. The van der Waals surface area contributed by atoms with Crippen LogP contribution in [0.4, 0.5) is 11.8 Å². The van der Waals surface area contributed by atoms with Crippen molar-refractivity contribution in [1.82, 2.24) is 20.2 Å². The van der Waals surface area contributed by atoms with Crippen molar-refractivity contribution in [3.05, 3.63) is 33.7 Å². The van der Waals surface area contributed by atoms with E-state index in [9.17, 15) is 0 Å². The molecule has 128 valence electrons. The predicted octanol–water partition coefficient (Wildman–Crippen LogP) is 3.06. The highest BCUT2D eigenvalue weighted by Crippen LogP contribution is 2.25. The predicted molar refractivity (Wildman–Crippen MR) is 99.6 cm³/mol. The van der Waals surface area contributed by atoms with E-state index in [0.717, 1.165) is 59.1 Å². The molecule has 7 heteroatoms. The number of nitrogens with zero attached hydrogens (tertiary/aromatic N) is 6. The maximum absolute atomic E-state index is 4.63. The van der Waals surface area contributed by atoms with Gasteiger partial charge in [-0.25, -0.2) is 9.97 Å². The van der Waals surface area contributed by atoms with Crippen LogP contribution in [0.5, 0.6) is 0 Å². The minimum absolute atomic E-state index is 0.468. The van der Waals surface area contributed by atoms with Crippen LogP contribution in [-0.2, 0) is 0 Å². The van der Waals surface area contributed by atoms with Crippen LogP contribution in [0.15, 0.2) is 16.7 Å². The van der Waals surface area contributed by atoms with Crippen LogP contribution < -0.4 is 9.80 Å². The molecule has 3 heterocycles. The summed E-state index contributed by atoms with van der Waals surface area (Å²) in [6.45, 7) is 7.98. The van der Waals surface area contributed by atoms with Crippen LogP contribution in [0.2, 0.25) is 0 Å². The molecule has 0 aromatic carbocycles. The van der Waals surface area contributed by atoms with Gasteiger partial charge in [-0.3, -0.25) is 0 Å². The van der Waals surface area contributed by atoms with Gasteiger partial charge in [-0.2, -0.15) is 5.10 Å². The minimum Gasteiger partial charge on any atom is -0.355 e. The molecule has 0 aliphatic carbocycles. The van der Waals surface area contributed by atoms with Crippen LogP contribution in [0.25, 0.3) is 0 Å². The molecule has 1 fully saturated rings. The van der Waals surface area contributed by atoms with Gasteiger partial charge in [0.2, 0.25) is 5.95 Å². The summed E-state index contributed by atoms with van der Waals surface area (Å²) in [5, 5.41) is 8.32. The Morgan fingerprint density at radius 1 is 1.12 bits per heavy atom. The molecule has 2 aromatic rings. The van der Waals surface area contributed by atoms with Gasteiger partial charge in [-0.05, 0) is 61.2 Å². The highest BCUT2D eigenvalue weighted by atomic mass is 79.9. The number of hydrogen-bond acceptors (Lipinski definition) is 6. The van der Waals surface area contributed by atoms with E-state index in [1.165, 1.54) is 0 Å². The summed E-state index contributed by atoms with van der Waals surface area (Å²) in [4.78, 5) is 13.8. The molecule has 1 aliphatic rings. The van der Waals surface area contributed by atoms with Crippen molar-refractivity contribution >= 4 is 27.7 Å². The van der Waals surface area contributed by atoms with E-state index in [0.29, 0.717) is 6.04 Å². The molecule has 0 bridgehead atoms. The number of halogens is 1. The molecule has 1 saturated heterocycles. The first-order valence-corrected chi connectivity index (χ1v) is 9.03. The van der Waals surface area contributed by atoms with Crippen molar-refractivity contribution in [2.24, 2.45) is 0 Å². The number of anilines is 2. The van der Waals surface area contributed by atoms with Crippen molar-refractivity contribution in [3.63, 3.8) is 0 Å². The number of piperidine rings is 1. The lowest BCUT2D eigenvalue weighted by atomic mass is 10.0. The summed E-state index contributed by atoms with van der Waals surface area (Å²) in [5.74, 6) is 1.78. The summed E-state index contributed by atoms with van der Waals surface area (Å²) < 4.78 is 0.999. The molecule has 1 aliphatic heterocycles. The Balaban J connectivity index is 1.67. The van der Waals surface area contributed by atoms with Gasteiger partial charge in [0.25, 0.3) is 0 Å². The molecular weight excluding hydrogens is 368 g/mol. The molecule has 2 aromatic heterocycles. The van der Waals surface area contributed by atoms with Crippen LogP contribution in [0.1, 0.15) is 29.8 Å². The summed E-state index contributed by atoms with van der Waals surface area (Å²) in [6.07, 6.45) is 3.91. The molecule has 3 rings (SSSR count). The summed E-state index contributed by atoms with van der Waals surface area (Å²) in [6, 6.07) is 2.55. The largest absolute Gasteiger partial charge is 0.355 e. The van der Waals surface area contributed by atoms with Crippen LogP contribution in [0.3, 0.4) is 0 Å². The van der Waals surface area contributed by atoms with Gasteiger partial charge in [-0.15, -0.1) is 5.10 Å². The Bertz CT molecular complexity index is 704. The maximum atomic E-state index is 4.63. The molecule has 6 nitrogen and oxygen atoms in total. The lowest BCUT2D eigenvalue weighted by Gasteiger charge is -2.37. The van der Waals surface area contributed by atoms with Crippen molar-refractivity contribution in [1.29, 1.82) is 0 Å². The smallest absolute Gasteiger partial charge is 0.225 e. The van der Waals surface area contributed by atoms with Crippen molar-refractivity contribution in [2.75, 3.05) is 29.9 Å². The third-order valence-electron chi connectivity index (χ3n) is 4.61. The second-order valence-electron chi connectivity index (χ2n) is 6.43. The highest BCUT2D eigenvalue weighted by molar-refractivity contribution is 9.10. The molecular formula is C17H23BrN6. The summed E-state index contributed by atoms with van der Waals surface area (Å²) in [5.41, 5.74) is 3.12. The van der Waals surface area contributed by atoms with E-state index in [4.69, 9.17) is 0 Å². The van der Waals surface area contributed by atoms with Gasteiger partial charge in [-0.1, -0.05) is 0 Å². The molecule has 0 saturated carbocycles. The van der Waals surface area contributed by atoms with E-state index >= 15 is 0 Å². The zero-order valence-corrected chi connectivity index (χ0v) is 16.2. The third-order valence-corrected chi connectivity index (χ3v) is 5.75. The first kappa shape index (κ1) is 17.1. The standard InChI is InChI=1S/C17H23BrN6/c1-11-9-15(22-19-10-11)23(4)14-5-7-24(8-6-14)17-20-12(2)16(18)13(3)21-17/h9-10,14H,5-8H2,1-4H3. The average molecular weight is 391 g/mol. The lowest BCUT2D eigenvalue weighted by Crippen LogP contribution is -2.44. The minimum atomic E-state index is 0.468. The second kappa shape index (κ2) is 7.01. The Labute approximate surface area is 151 Å². The number of hydrogen-bond donors (Lipinski definition) is 0. The Kier molecular flexibility index (Phi) is 4.99. The molecule has 0 N–H and O–H groups in total. The van der Waals surface area contributed by atoms with Gasteiger partial charge in [0.1, 0.15) is 0 Å². The Morgan fingerprint density at radius 3 is 2.33 bits per heavy atom. The highest BCUT2D eigenvalue weighted by Gasteiger charge is 2.25. The van der Waals surface area contributed by atoms with Gasteiger partial charge in [0.15, 0.2) is 5.82 Å². The molecule has 0 unspecified atom stereocenters. The Hall–Kier alpha value is -1.76. The average Bonchev–Trinajstić information content (AvgIpc) is 2.59. The quantitative estimate of drug-likeness (QED) is 0.802. The monoisotopic (exact) mass is 390 g/mol. The molecule has 0 radical (unpaired) electrons. The Morgan fingerprint density at radius 2 is 1.75 bits per heavy atom. The topological polar surface area (TPSA) is 58.0 Å². The molecule has 0 amide bonds. The van der Waals surface area contributed by atoms with E-state index in [-0.39, 0.29) is 0 Å². The van der Waals surface area contributed by atoms with Gasteiger partial charge in [0.05, 0.1) is 22.1 Å². The summed E-state index contributed by atoms with van der Waals surface area (Å²) in [7, 11) is 2.11. The SMILES string of the molecule is Cc1cnnc(N(C)C2CCN(c3nc(C)c(Br)c(C)n3)CC2)c1. The molecule has 0 spiro atoms. The fourth-order valence-corrected chi connectivity index (χ4v) is 3.27. The van der Waals surface area contributed by atoms with Crippen molar-refractivity contribution in [2.45, 2.75) is 39.7 Å². The van der Waals surface area contributed by atoms with Gasteiger partial charge >= 0.3 is 0 Å². The number of aromatic nitrogens is 4. The van der Waals surface area contributed by atoms with E-state index in [2.05, 4.69) is 59.0 Å². The zero-order valence-electron chi connectivity index (χ0n) is 14.6. The maximum Gasteiger partial charge on any atom is 0.225 e. The molecule has 24 heavy (non-hydrogen) atoms. The van der Waals surface area contributed by atoms with Crippen LogP contribution in [0, 0.1) is 20.8 Å².